The first kappa shape index (κ1) is 22.3. The van der Waals surface area contributed by atoms with Crippen LogP contribution in [0.3, 0.4) is 0 Å². The molecule has 1 atom stereocenters. The molecule has 1 aliphatic heterocycles. The number of sulfonamides is 1. The second kappa shape index (κ2) is 9.63. The standard InChI is InChI=1S/C19H21Cl2N3O5S/c1-30(26,27)23-13-2-5-15(6-3-13)28-12-16-11-24(19(25)29-16)9-8-22-14-4-7-17(20)18(21)10-14/h2-7,10,16,22-23H,8-9,11-12H2,1H3/t16-/m0/s1. The highest BCUT2D eigenvalue weighted by Gasteiger charge is 2.31. The van der Waals surface area contributed by atoms with Crippen LogP contribution in [0, 0.1) is 0 Å². The number of halogens is 2. The van der Waals surface area contributed by atoms with E-state index in [9.17, 15) is 13.2 Å². The highest BCUT2D eigenvalue weighted by atomic mass is 35.5. The molecule has 0 aromatic heterocycles. The highest BCUT2D eigenvalue weighted by molar-refractivity contribution is 7.92. The molecule has 2 N–H and O–H groups in total. The number of ether oxygens (including phenoxy) is 2. The highest BCUT2D eigenvalue weighted by Crippen LogP contribution is 2.25. The number of carbonyl (C=O) groups excluding carboxylic acids is 1. The molecule has 0 spiro atoms. The van der Waals surface area contributed by atoms with Gasteiger partial charge in [-0.25, -0.2) is 13.2 Å². The lowest BCUT2D eigenvalue weighted by atomic mass is 10.3. The summed E-state index contributed by atoms with van der Waals surface area (Å²) in [4.78, 5) is 13.6. The van der Waals surface area contributed by atoms with Gasteiger partial charge in [0.25, 0.3) is 0 Å². The molecule has 0 bridgehead atoms. The molecule has 3 rings (SSSR count). The maximum atomic E-state index is 12.0. The van der Waals surface area contributed by atoms with Crippen LogP contribution in [-0.4, -0.2) is 58.0 Å². The molecule has 2 aromatic rings. The van der Waals surface area contributed by atoms with Crippen molar-refractivity contribution < 1.29 is 22.7 Å². The molecular formula is C19H21Cl2N3O5S. The monoisotopic (exact) mass is 473 g/mol. The van der Waals surface area contributed by atoms with Gasteiger partial charge < -0.3 is 19.7 Å². The fraction of sp³-hybridized carbons (Fsp3) is 0.316. The zero-order valence-electron chi connectivity index (χ0n) is 16.1. The third-order valence-electron chi connectivity index (χ3n) is 4.17. The van der Waals surface area contributed by atoms with Crippen LogP contribution in [0.1, 0.15) is 0 Å². The Kier molecular flexibility index (Phi) is 7.17. The fourth-order valence-electron chi connectivity index (χ4n) is 2.81. The van der Waals surface area contributed by atoms with E-state index in [0.717, 1.165) is 11.9 Å². The molecular weight excluding hydrogens is 453 g/mol. The molecule has 0 saturated carbocycles. The average molecular weight is 474 g/mol. The molecule has 162 valence electrons. The van der Waals surface area contributed by atoms with Crippen LogP contribution in [0.25, 0.3) is 0 Å². The Labute approximate surface area is 185 Å². The largest absolute Gasteiger partial charge is 0.490 e. The Hall–Kier alpha value is -2.36. The molecule has 1 heterocycles. The van der Waals surface area contributed by atoms with E-state index in [0.29, 0.717) is 41.1 Å². The Balaban J connectivity index is 1.42. The van der Waals surface area contributed by atoms with E-state index in [4.69, 9.17) is 32.7 Å². The number of nitrogens with zero attached hydrogens (tertiary/aromatic N) is 1. The lowest BCUT2D eigenvalue weighted by Crippen LogP contribution is -2.31. The van der Waals surface area contributed by atoms with Crippen LogP contribution in [0.4, 0.5) is 16.2 Å². The van der Waals surface area contributed by atoms with Gasteiger partial charge in [-0.05, 0) is 42.5 Å². The topological polar surface area (TPSA) is 97.0 Å². The van der Waals surface area contributed by atoms with Crippen molar-refractivity contribution in [3.63, 3.8) is 0 Å². The van der Waals surface area contributed by atoms with Gasteiger partial charge in [0.15, 0.2) is 6.10 Å². The second-order valence-electron chi connectivity index (χ2n) is 6.72. The smallest absolute Gasteiger partial charge is 0.410 e. The summed E-state index contributed by atoms with van der Waals surface area (Å²) >= 11 is 11.9. The van der Waals surface area contributed by atoms with Gasteiger partial charge in [0.2, 0.25) is 10.0 Å². The van der Waals surface area contributed by atoms with Crippen molar-refractivity contribution in [3.05, 3.63) is 52.5 Å². The predicted molar refractivity (Wildman–Crippen MR) is 117 cm³/mol. The molecule has 11 heteroatoms. The van der Waals surface area contributed by atoms with Crippen molar-refractivity contribution >= 4 is 50.7 Å². The number of hydrogen-bond donors (Lipinski definition) is 2. The van der Waals surface area contributed by atoms with Gasteiger partial charge >= 0.3 is 6.09 Å². The number of benzene rings is 2. The van der Waals surface area contributed by atoms with Gasteiger partial charge in [0.05, 0.1) is 22.8 Å². The molecule has 1 fully saturated rings. The van der Waals surface area contributed by atoms with Gasteiger partial charge in [-0.1, -0.05) is 23.2 Å². The first-order valence-electron chi connectivity index (χ1n) is 9.05. The van der Waals surface area contributed by atoms with E-state index in [2.05, 4.69) is 10.0 Å². The predicted octanol–water partition coefficient (Wildman–Crippen LogP) is 3.68. The molecule has 30 heavy (non-hydrogen) atoms. The number of amides is 1. The fourth-order valence-corrected chi connectivity index (χ4v) is 3.67. The molecule has 0 unspecified atom stereocenters. The number of anilines is 2. The number of carbonyl (C=O) groups is 1. The lowest BCUT2D eigenvalue weighted by molar-refractivity contribution is 0.103. The molecule has 0 aliphatic carbocycles. The summed E-state index contributed by atoms with van der Waals surface area (Å²) in [6, 6.07) is 11.7. The maximum Gasteiger partial charge on any atom is 0.410 e. The average Bonchev–Trinajstić information content (AvgIpc) is 3.02. The van der Waals surface area contributed by atoms with Crippen molar-refractivity contribution in [2.75, 3.05) is 42.5 Å². The minimum absolute atomic E-state index is 0.196. The molecule has 1 saturated heterocycles. The van der Waals surface area contributed by atoms with Crippen LogP contribution in [0.15, 0.2) is 42.5 Å². The Morgan fingerprint density at radius 3 is 2.50 bits per heavy atom. The molecule has 8 nitrogen and oxygen atoms in total. The normalized spacial score (nSPS) is 16.3. The van der Waals surface area contributed by atoms with Gasteiger partial charge in [-0.15, -0.1) is 0 Å². The third-order valence-corrected chi connectivity index (χ3v) is 5.52. The van der Waals surface area contributed by atoms with Crippen LogP contribution in [0.5, 0.6) is 5.75 Å². The SMILES string of the molecule is CS(=O)(=O)Nc1ccc(OC[C@@H]2CN(CCNc3ccc(Cl)c(Cl)c3)C(=O)O2)cc1. The Morgan fingerprint density at radius 1 is 1.13 bits per heavy atom. The van der Waals surface area contributed by atoms with E-state index in [1.165, 1.54) is 0 Å². The van der Waals surface area contributed by atoms with E-state index >= 15 is 0 Å². The van der Waals surface area contributed by atoms with Crippen LogP contribution < -0.4 is 14.8 Å². The maximum absolute atomic E-state index is 12.0. The van der Waals surface area contributed by atoms with Crippen molar-refractivity contribution in [2.45, 2.75) is 6.10 Å². The van der Waals surface area contributed by atoms with Crippen molar-refractivity contribution in [1.82, 2.24) is 4.90 Å². The Morgan fingerprint density at radius 2 is 1.83 bits per heavy atom. The molecule has 2 aromatic carbocycles. The zero-order chi connectivity index (χ0) is 21.7. The minimum atomic E-state index is -3.33. The number of nitrogens with one attached hydrogen (secondary N) is 2. The summed E-state index contributed by atoms with van der Waals surface area (Å²) in [6.07, 6.45) is 0.293. The van der Waals surface area contributed by atoms with Gasteiger partial charge in [-0.2, -0.15) is 0 Å². The Bertz CT molecular complexity index is 1000. The van der Waals surface area contributed by atoms with Gasteiger partial charge in [0.1, 0.15) is 12.4 Å². The van der Waals surface area contributed by atoms with E-state index in [1.54, 1.807) is 41.3 Å². The second-order valence-corrected chi connectivity index (χ2v) is 9.28. The van der Waals surface area contributed by atoms with Crippen molar-refractivity contribution in [3.8, 4) is 5.75 Å². The summed E-state index contributed by atoms with van der Waals surface area (Å²) in [5, 5.41) is 4.12. The van der Waals surface area contributed by atoms with Gasteiger partial charge in [-0.3, -0.25) is 4.72 Å². The van der Waals surface area contributed by atoms with Gasteiger partial charge in [0, 0.05) is 24.5 Å². The lowest BCUT2D eigenvalue weighted by Gasteiger charge is -2.14. The van der Waals surface area contributed by atoms with Crippen molar-refractivity contribution in [1.29, 1.82) is 0 Å². The quantitative estimate of drug-likeness (QED) is 0.576. The van der Waals surface area contributed by atoms with Crippen LogP contribution >= 0.6 is 23.2 Å². The first-order chi connectivity index (χ1) is 14.2. The summed E-state index contributed by atoms with van der Waals surface area (Å²) in [7, 11) is -3.33. The number of hydrogen-bond acceptors (Lipinski definition) is 6. The minimum Gasteiger partial charge on any atom is -0.490 e. The van der Waals surface area contributed by atoms with Crippen LogP contribution in [0.2, 0.25) is 10.0 Å². The zero-order valence-corrected chi connectivity index (χ0v) is 18.4. The number of cyclic esters (lactones) is 1. The summed E-state index contributed by atoms with van der Waals surface area (Å²) in [5.41, 5.74) is 1.25. The molecule has 1 amide bonds. The first-order valence-corrected chi connectivity index (χ1v) is 11.7. The summed E-state index contributed by atoms with van der Waals surface area (Å²) < 4.78 is 35.8. The molecule has 0 radical (unpaired) electrons. The van der Waals surface area contributed by atoms with E-state index in [1.807, 2.05) is 6.07 Å². The third kappa shape index (κ3) is 6.58. The van der Waals surface area contributed by atoms with Crippen molar-refractivity contribution in [2.24, 2.45) is 0 Å². The van der Waals surface area contributed by atoms with Crippen LogP contribution in [-0.2, 0) is 14.8 Å². The summed E-state index contributed by atoms with van der Waals surface area (Å²) in [5.74, 6) is 0.546. The van der Waals surface area contributed by atoms with E-state index in [-0.39, 0.29) is 6.61 Å². The number of rotatable bonds is 9. The molecule has 1 aliphatic rings. The van der Waals surface area contributed by atoms with E-state index < -0.39 is 22.2 Å². The summed E-state index contributed by atoms with van der Waals surface area (Å²) in [6.45, 7) is 1.59.